The van der Waals surface area contributed by atoms with Crippen molar-refractivity contribution >= 4 is 51.8 Å². The first-order chi connectivity index (χ1) is 22.8. The zero-order valence-electron chi connectivity index (χ0n) is 25.8. The first-order valence-corrected chi connectivity index (χ1v) is 15.9. The minimum absolute atomic E-state index is 0.0496. The lowest BCUT2D eigenvalue weighted by molar-refractivity contribution is -0.274. The van der Waals surface area contributed by atoms with Crippen LogP contribution in [0.4, 0.5) is 23.2 Å². The maximum Gasteiger partial charge on any atom is 0.573 e. The summed E-state index contributed by atoms with van der Waals surface area (Å²) in [4.78, 5) is 35.1. The van der Waals surface area contributed by atoms with E-state index >= 15 is 0 Å². The summed E-state index contributed by atoms with van der Waals surface area (Å²) in [7, 11) is 0. The molecule has 250 valence electrons. The molecule has 1 aliphatic rings. The standard InChI is InChI=1S/C32H29F4N7O3S2/c1-18(2)25-15-22(33)8-13-26(25)43-28(45)16-48-31(43)40-30(47)39-27(38-19(3)44)14-20-4-6-21(7-5-20)29-37-17-42(41-29)23-9-11-24(12-10-23)46-32(34,35)36/h4-13,15,17-18,27H,14,16H2,1-3H3,(H,38,44)(H,39,47)/b40-31-. The van der Waals surface area contributed by atoms with Gasteiger partial charge in [-0.3, -0.25) is 14.5 Å². The Morgan fingerprint density at radius 1 is 1.08 bits per heavy atom. The molecule has 0 aliphatic carbocycles. The van der Waals surface area contributed by atoms with Crippen molar-refractivity contribution in [3.05, 3.63) is 90.0 Å². The van der Waals surface area contributed by atoms with Crippen LogP contribution in [0.3, 0.4) is 0 Å². The molecular weight excluding hydrogens is 671 g/mol. The number of anilines is 1. The van der Waals surface area contributed by atoms with Crippen LogP contribution < -0.4 is 20.3 Å². The number of carbonyl (C=O) groups is 2. The largest absolute Gasteiger partial charge is 0.573 e. The van der Waals surface area contributed by atoms with Crippen molar-refractivity contribution in [2.24, 2.45) is 4.99 Å². The lowest BCUT2D eigenvalue weighted by Gasteiger charge is -2.23. The van der Waals surface area contributed by atoms with Crippen molar-refractivity contribution in [2.45, 2.75) is 45.6 Å². The number of halogens is 4. The van der Waals surface area contributed by atoms with Crippen LogP contribution in [0.5, 0.6) is 5.75 Å². The minimum atomic E-state index is -4.78. The van der Waals surface area contributed by atoms with Gasteiger partial charge in [-0.05, 0) is 71.7 Å². The van der Waals surface area contributed by atoms with E-state index in [1.54, 1.807) is 18.2 Å². The van der Waals surface area contributed by atoms with Crippen LogP contribution >= 0.6 is 24.0 Å². The number of ether oxygens (including phenoxy) is 1. The summed E-state index contributed by atoms with van der Waals surface area (Å²) in [5.41, 5.74) is 3.21. The first-order valence-electron chi connectivity index (χ1n) is 14.5. The van der Waals surface area contributed by atoms with E-state index in [0.717, 1.165) is 5.56 Å². The topological polar surface area (TPSA) is 114 Å². The maximum atomic E-state index is 14.0. The average Bonchev–Trinajstić information content (AvgIpc) is 3.64. The molecule has 1 aliphatic heterocycles. The number of thioether (sulfide) groups is 1. The predicted octanol–water partition coefficient (Wildman–Crippen LogP) is 6.11. The number of rotatable bonds is 9. The van der Waals surface area contributed by atoms with Gasteiger partial charge in [-0.1, -0.05) is 49.9 Å². The molecule has 2 N–H and O–H groups in total. The molecule has 1 saturated heterocycles. The second-order valence-corrected chi connectivity index (χ2v) is 12.3. The van der Waals surface area contributed by atoms with Crippen LogP contribution in [0.1, 0.15) is 37.8 Å². The number of hydrogen-bond donors (Lipinski definition) is 2. The van der Waals surface area contributed by atoms with Crippen LogP contribution in [0.2, 0.25) is 0 Å². The number of amides is 2. The number of aromatic nitrogens is 3. The van der Waals surface area contributed by atoms with Gasteiger partial charge in [-0.15, -0.1) is 18.3 Å². The molecule has 0 bridgehead atoms. The first kappa shape index (κ1) is 34.5. The molecule has 5 rings (SSSR count). The normalized spacial score (nSPS) is 14.8. The smallest absolute Gasteiger partial charge is 0.406 e. The van der Waals surface area contributed by atoms with Crippen molar-refractivity contribution in [1.82, 2.24) is 25.4 Å². The average molecular weight is 700 g/mol. The third-order valence-corrected chi connectivity index (χ3v) is 8.10. The summed E-state index contributed by atoms with van der Waals surface area (Å²) in [5, 5.41) is 10.7. The van der Waals surface area contributed by atoms with Crippen molar-refractivity contribution in [3.8, 4) is 22.8 Å². The van der Waals surface area contributed by atoms with Crippen LogP contribution in [-0.4, -0.2) is 55.1 Å². The Hall–Kier alpha value is -4.83. The molecule has 16 heteroatoms. The summed E-state index contributed by atoms with van der Waals surface area (Å²) >= 11 is 6.71. The van der Waals surface area contributed by atoms with E-state index in [-0.39, 0.29) is 34.3 Å². The van der Waals surface area contributed by atoms with Gasteiger partial charge in [0.1, 0.15) is 24.1 Å². The molecule has 0 spiro atoms. The van der Waals surface area contributed by atoms with Gasteiger partial charge >= 0.3 is 6.36 Å². The fraction of sp³-hybridized carbons (Fsp3) is 0.250. The number of nitrogens with zero attached hydrogens (tertiary/aromatic N) is 5. The summed E-state index contributed by atoms with van der Waals surface area (Å²) in [6, 6.07) is 16.8. The molecule has 1 aromatic heterocycles. The van der Waals surface area contributed by atoms with E-state index in [1.807, 2.05) is 26.0 Å². The number of carbonyl (C=O) groups excluding carboxylic acids is 2. The lowest BCUT2D eigenvalue weighted by Crippen LogP contribution is -2.48. The van der Waals surface area contributed by atoms with E-state index in [4.69, 9.17) is 12.2 Å². The molecule has 10 nitrogen and oxygen atoms in total. The maximum absolute atomic E-state index is 14.0. The SMILES string of the molecule is CC(=O)NC(Cc1ccc(-c2ncn(-c3ccc(OC(F)(F)F)cc3)n2)cc1)NC(=S)/N=C1\SCC(=O)N1c1ccc(F)cc1C(C)C. The number of aliphatic imine (C=N–C) groups is 1. The lowest BCUT2D eigenvalue weighted by atomic mass is 10.0. The molecule has 1 fully saturated rings. The number of nitrogens with one attached hydrogen (secondary N) is 2. The van der Waals surface area contributed by atoms with E-state index in [2.05, 4.69) is 30.4 Å². The van der Waals surface area contributed by atoms with Crippen molar-refractivity contribution in [3.63, 3.8) is 0 Å². The van der Waals surface area contributed by atoms with Gasteiger partial charge in [0.15, 0.2) is 16.1 Å². The molecule has 0 radical (unpaired) electrons. The monoisotopic (exact) mass is 699 g/mol. The summed E-state index contributed by atoms with van der Waals surface area (Å²) in [6.07, 6.45) is -3.65. The highest BCUT2D eigenvalue weighted by Gasteiger charge is 2.33. The molecule has 3 aromatic carbocycles. The van der Waals surface area contributed by atoms with E-state index in [0.29, 0.717) is 39.9 Å². The third kappa shape index (κ3) is 8.74. The molecule has 0 saturated carbocycles. The number of benzene rings is 3. The second-order valence-electron chi connectivity index (χ2n) is 10.9. The minimum Gasteiger partial charge on any atom is -0.406 e. The Balaban J connectivity index is 1.27. The summed E-state index contributed by atoms with van der Waals surface area (Å²) in [6.45, 7) is 5.19. The zero-order valence-corrected chi connectivity index (χ0v) is 27.4. The Morgan fingerprint density at radius 2 is 1.79 bits per heavy atom. The van der Waals surface area contributed by atoms with E-state index < -0.39 is 18.3 Å². The predicted molar refractivity (Wildman–Crippen MR) is 178 cm³/mol. The van der Waals surface area contributed by atoms with Crippen molar-refractivity contribution < 1.29 is 31.9 Å². The van der Waals surface area contributed by atoms with Gasteiger partial charge < -0.3 is 15.4 Å². The highest BCUT2D eigenvalue weighted by atomic mass is 32.2. The Morgan fingerprint density at radius 3 is 2.44 bits per heavy atom. The summed E-state index contributed by atoms with van der Waals surface area (Å²) < 4.78 is 56.7. The fourth-order valence-corrected chi connectivity index (χ4v) is 6.02. The molecular formula is C32H29F4N7O3S2. The van der Waals surface area contributed by atoms with Gasteiger partial charge in [0.05, 0.1) is 17.1 Å². The second kappa shape index (κ2) is 14.5. The van der Waals surface area contributed by atoms with Gasteiger partial charge in [0.25, 0.3) is 0 Å². The van der Waals surface area contributed by atoms with Crippen LogP contribution in [0.25, 0.3) is 17.1 Å². The van der Waals surface area contributed by atoms with Crippen LogP contribution in [0, 0.1) is 5.82 Å². The summed E-state index contributed by atoms with van der Waals surface area (Å²) in [5.74, 6) is -0.767. The molecule has 1 unspecified atom stereocenters. The van der Waals surface area contributed by atoms with Gasteiger partial charge in [0, 0.05) is 18.9 Å². The number of hydrogen-bond acceptors (Lipinski definition) is 7. The number of alkyl halides is 3. The number of amidine groups is 1. The Labute approximate surface area is 282 Å². The number of thiocarbonyl (C=S) groups is 1. The van der Waals surface area contributed by atoms with Gasteiger partial charge in [-0.25, -0.2) is 14.1 Å². The third-order valence-electron chi connectivity index (χ3n) is 6.97. The van der Waals surface area contributed by atoms with Gasteiger partial charge in [-0.2, -0.15) is 4.99 Å². The molecule has 1 atom stereocenters. The fourth-order valence-electron chi connectivity index (χ4n) is 4.87. The highest BCUT2D eigenvalue weighted by molar-refractivity contribution is 8.15. The highest BCUT2D eigenvalue weighted by Crippen LogP contribution is 2.34. The Kier molecular flexibility index (Phi) is 10.4. The van der Waals surface area contributed by atoms with Gasteiger partial charge in [0.2, 0.25) is 11.8 Å². The van der Waals surface area contributed by atoms with Crippen molar-refractivity contribution in [1.29, 1.82) is 0 Å². The van der Waals surface area contributed by atoms with E-state index in [9.17, 15) is 27.2 Å². The molecule has 48 heavy (non-hydrogen) atoms. The van der Waals surface area contributed by atoms with Crippen LogP contribution in [-0.2, 0) is 16.0 Å². The zero-order chi connectivity index (χ0) is 34.6. The molecule has 2 amide bonds. The molecule has 4 aromatic rings. The van der Waals surface area contributed by atoms with E-state index in [1.165, 1.54) is 71.0 Å². The van der Waals surface area contributed by atoms with Crippen LogP contribution in [0.15, 0.2) is 78.0 Å². The Bertz CT molecular complexity index is 1850. The molecule has 2 heterocycles. The van der Waals surface area contributed by atoms with Crippen molar-refractivity contribution in [2.75, 3.05) is 10.7 Å². The quantitative estimate of drug-likeness (QED) is 0.122.